The molecule has 1 atom stereocenters. The molecule has 4 heteroatoms. The second-order valence-electron chi connectivity index (χ2n) is 5.36. The van der Waals surface area contributed by atoms with Gasteiger partial charge in [0.25, 0.3) is 0 Å². The number of carbonyl (C=O) groups is 1. The summed E-state index contributed by atoms with van der Waals surface area (Å²) in [6, 6.07) is 0. The number of ether oxygens (including phenoxy) is 3. The first-order valence-corrected chi connectivity index (χ1v) is 6.90. The summed E-state index contributed by atoms with van der Waals surface area (Å²) in [7, 11) is 1.39. The molecule has 1 saturated heterocycles. The molecule has 1 heterocycles. The van der Waals surface area contributed by atoms with E-state index < -0.39 is 5.60 Å². The maximum Gasteiger partial charge on any atom is 0.337 e. The number of epoxide rings is 1. The van der Waals surface area contributed by atoms with E-state index in [-0.39, 0.29) is 5.97 Å². The molecule has 1 aliphatic rings. The number of esters is 1. The highest BCUT2D eigenvalue weighted by atomic mass is 16.6. The van der Waals surface area contributed by atoms with Gasteiger partial charge < -0.3 is 14.2 Å². The van der Waals surface area contributed by atoms with E-state index in [1.807, 2.05) is 0 Å². The molecule has 1 rings (SSSR count). The normalized spacial score (nSPS) is 18.7. The highest BCUT2D eigenvalue weighted by Crippen LogP contribution is 2.18. The molecule has 0 aliphatic carbocycles. The Bertz CT molecular complexity index is 246. The minimum absolute atomic E-state index is 0.313. The van der Waals surface area contributed by atoms with Crippen molar-refractivity contribution in [3.63, 3.8) is 0 Å². The van der Waals surface area contributed by atoms with E-state index in [0.717, 1.165) is 19.4 Å². The third kappa shape index (κ3) is 6.36. The van der Waals surface area contributed by atoms with E-state index in [9.17, 15) is 4.79 Å². The number of carbonyl (C=O) groups excluding carboxylic acids is 1. The van der Waals surface area contributed by atoms with E-state index in [1.54, 1.807) is 13.8 Å². The Morgan fingerprint density at radius 3 is 2.44 bits per heavy atom. The van der Waals surface area contributed by atoms with Crippen LogP contribution in [0.3, 0.4) is 0 Å². The molecular weight excluding hydrogens is 232 g/mol. The van der Waals surface area contributed by atoms with Crippen LogP contribution in [0.4, 0.5) is 0 Å². The summed E-state index contributed by atoms with van der Waals surface area (Å²) in [5.74, 6) is -0.313. The lowest BCUT2D eigenvalue weighted by atomic mass is 10.1. The van der Waals surface area contributed by atoms with Crippen molar-refractivity contribution < 1.29 is 19.0 Å². The lowest BCUT2D eigenvalue weighted by molar-refractivity contribution is -0.165. The number of rotatable bonds is 10. The Labute approximate surface area is 110 Å². The monoisotopic (exact) mass is 258 g/mol. The molecule has 1 unspecified atom stereocenters. The first-order valence-electron chi connectivity index (χ1n) is 6.90. The van der Waals surface area contributed by atoms with Gasteiger partial charge in [0.1, 0.15) is 0 Å². The van der Waals surface area contributed by atoms with Crippen LogP contribution in [-0.2, 0) is 19.0 Å². The smallest absolute Gasteiger partial charge is 0.337 e. The molecule has 1 aliphatic heterocycles. The van der Waals surface area contributed by atoms with Crippen molar-refractivity contribution in [2.24, 2.45) is 0 Å². The van der Waals surface area contributed by atoms with Crippen molar-refractivity contribution in [2.75, 3.05) is 20.3 Å². The fraction of sp³-hybridized carbons (Fsp3) is 0.929. The van der Waals surface area contributed by atoms with Gasteiger partial charge >= 0.3 is 5.97 Å². The molecule has 18 heavy (non-hydrogen) atoms. The predicted molar refractivity (Wildman–Crippen MR) is 69.5 cm³/mol. The van der Waals surface area contributed by atoms with Crippen molar-refractivity contribution in [3.8, 4) is 0 Å². The maximum absolute atomic E-state index is 11.3. The molecular formula is C14H26O4. The number of methoxy groups -OCH3 is 1. The lowest BCUT2D eigenvalue weighted by Crippen LogP contribution is -2.36. The Morgan fingerprint density at radius 1 is 1.22 bits per heavy atom. The molecule has 0 aromatic carbocycles. The van der Waals surface area contributed by atoms with Crippen LogP contribution in [0.2, 0.25) is 0 Å². The van der Waals surface area contributed by atoms with Gasteiger partial charge in [0.15, 0.2) is 5.60 Å². The van der Waals surface area contributed by atoms with Crippen molar-refractivity contribution in [1.82, 2.24) is 0 Å². The molecule has 0 aromatic heterocycles. The molecule has 0 aromatic rings. The van der Waals surface area contributed by atoms with Crippen LogP contribution >= 0.6 is 0 Å². The second kappa shape index (κ2) is 7.74. The third-order valence-electron chi connectivity index (χ3n) is 3.21. The van der Waals surface area contributed by atoms with Gasteiger partial charge in [-0.05, 0) is 26.7 Å². The zero-order valence-electron chi connectivity index (χ0n) is 11.9. The fourth-order valence-electron chi connectivity index (χ4n) is 1.87. The van der Waals surface area contributed by atoms with E-state index in [2.05, 4.69) is 4.74 Å². The van der Waals surface area contributed by atoms with Crippen molar-refractivity contribution in [1.29, 1.82) is 0 Å². The van der Waals surface area contributed by atoms with Gasteiger partial charge in [-0.2, -0.15) is 0 Å². The summed E-state index contributed by atoms with van der Waals surface area (Å²) < 4.78 is 15.4. The van der Waals surface area contributed by atoms with Crippen molar-refractivity contribution in [2.45, 2.75) is 64.1 Å². The van der Waals surface area contributed by atoms with Gasteiger partial charge in [-0.25, -0.2) is 4.79 Å². The zero-order chi connectivity index (χ0) is 13.4. The van der Waals surface area contributed by atoms with Crippen molar-refractivity contribution in [3.05, 3.63) is 0 Å². The van der Waals surface area contributed by atoms with Crippen LogP contribution in [0.5, 0.6) is 0 Å². The minimum atomic E-state index is -0.821. The second-order valence-corrected chi connectivity index (χ2v) is 5.36. The Balaban J connectivity index is 1.89. The molecule has 4 nitrogen and oxygen atoms in total. The summed E-state index contributed by atoms with van der Waals surface area (Å²) in [6.45, 7) is 5.08. The average Bonchev–Trinajstić information content (AvgIpc) is 3.15. The summed E-state index contributed by atoms with van der Waals surface area (Å²) in [5, 5.41) is 0. The molecule has 0 amide bonds. The Kier molecular flexibility index (Phi) is 6.65. The van der Waals surface area contributed by atoms with Crippen LogP contribution in [-0.4, -0.2) is 38.0 Å². The van der Waals surface area contributed by atoms with Crippen molar-refractivity contribution >= 4 is 5.97 Å². The lowest BCUT2D eigenvalue weighted by Gasteiger charge is -2.22. The molecule has 0 bridgehead atoms. The van der Waals surface area contributed by atoms with Crippen LogP contribution in [0, 0.1) is 0 Å². The highest BCUT2D eigenvalue weighted by molar-refractivity contribution is 5.78. The fourth-order valence-corrected chi connectivity index (χ4v) is 1.87. The Morgan fingerprint density at radius 2 is 1.83 bits per heavy atom. The maximum atomic E-state index is 11.3. The summed E-state index contributed by atoms with van der Waals surface area (Å²) in [6.07, 6.45) is 7.69. The van der Waals surface area contributed by atoms with Gasteiger partial charge in [-0.3, -0.25) is 0 Å². The van der Waals surface area contributed by atoms with Gasteiger partial charge in [0.2, 0.25) is 0 Å². The quantitative estimate of drug-likeness (QED) is 0.343. The van der Waals surface area contributed by atoms with E-state index in [4.69, 9.17) is 9.47 Å². The molecule has 106 valence electrons. The van der Waals surface area contributed by atoms with E-state index in [1.165, 1.54) is 32.8 Å². The summed E-state index contributed by atoms with van der Waals surface area (Å²) >= 11 is 0. The van der Waals surface area contributed by atoms with Crippen LogP contribution in [0.1, 0.15) is 52.4 Å². The molecule has 0 saturated carbocycles. The van der Waals surface area contributed by atoms with Crippen LogP contribution in [0.15, 0.2) is 0 Å². The van der Waals surface area contributed by atoms with Crippen LogP contribution < -0.4 is 0 Å². The molecule has 0 radical (unpaired) electrons. The first-order chi connectivity index (χ1) is 8.56. The van der Waals surface area contributed by atoms with Gasteiger partial charge in [-0.1, -0.05) is 25.7 Å². The number of hydrogen-bond acceptors (Lipinski definition) is 4. The topological polar surface area (TPSA) is 48.1 Å². The highest BCUT2D eigenvalue weighted by Gasteiger charge is 2.29. The largest absolute Gasteiger partial charge is 0.467 e. The van der Waals surface area contributed by atoms with Crippen LogP contribution in [0.25, 0.3) is 0 Å². The number of unbranched alkanes of at least 4 members (excludes halogenated alkanes) is 4. The van der Waals surface area contributed by atoms with E-state index >= 15 is 0 Å². The van der Waals surface area contributed by atoms with Gasteiger partial charge in [0.05, 0.1) is 19.8 Å². The minimum Gasteiger partial charge on any atom is -0.467 e. The average molecular weight is 258 g/mol. The number of hydrogen-bond donors (Lipinski definition) is 0. The molecule has 0 N–H and O–H groups in total. The van der Waals surface area contributed by atoms with Gasteiger partial charge in [-0.15, -0.1) is 0 Å². The standard InChI is InChI=1S/C14H26O4/c1-14(2,13(15)16-3)18-10-8-6-4-5-7-9-12-11-17-12/h12H,4-11H2,1-3H3. The summed E-state index contributed by atoms with van der Waals surface area (Å²) in [5.41, 5.74) is -0.821. The predicted octanol–water partition coefficient (Wildman–Crippen LogP) is 2.69. The SMILES string of the molecule is COC(=O)C(C)(C)OCCCCCCCC1CO1. The van der Waals surface area contributed by atoms with E-state index in [0.29, 0.717) is 12.7 Å². The zero-order valence-corrected chi connectivity index (χ0v) is 11.9. The molecule has 1 fully saturated rings. The third-order valence-corrected chi connectivity index (χ3v) is 3.21. The molecule has 0 spiro atoms. The first kappa shape index (κ1) is 15.4. The Hall–Kier alpha value is -0.610. The summed E-state index contributed by atoms with van der Waals surface area (Å²) in [4.78, 5) is 11.3. The van der Waals surface area contributed by atoms with Gasteiger partial charge in [0, 0.05) is 6.61 Å².